The second kappa shape index (κ2) is 2.64. The summed E-state index contributed by atoms with van der Waals surface area (Å²) < 4.78 is 1.77. The SMILES string of the molecule is [CH3][WH2]([CH3])[C]1=CC=CC1. The molecular weight excluding hydrogens is 268 g/mol. The van der Waals surface area contributed by atoms with Gasteiger partial charge >= 0.3 is 56.5 Å². The molecule has 0 aliphatic heterocycles. The van der Waals surface area contributed by atoms with Gasteiger partial charge in [0.15, 0.2) is 0 Å². The van der Waals surface area contributed by atoms with Crippen molar-refractivity contribution in [3.8, 4) is 0 Å². The summed E-state index contributed by atoms with van der Waals surface area (Å²) in [4.78, 5) is 0. The monoisotopic (exact) mass is 281 g/mol. The van der Waals surface area contributed by atoms with E-state index < -0.39 is 17.3 Å². The fourth-order valence-corrected chi connectivity index (χ4v) is 4.25. The van der Waals surface area contributed by atoms with Crippen molar-refractivity contribution < 1.29 is 17.3 Å². The molecule has 0 unspecified atom stereocenters. The number of hydrogen-bond acceptors (Lipinski definition) is 0. The average Bonchev–Trinajstić information content (AvgIpc) is 2.12. The van der Waals surface area contributed by atoms with Gasteiger partial charge in [-0.3, -0.25) is 0 Å². The first-order chi connectivity index (χ1) is 3.80. The number of allylic oxidation sites excluding steroid dienone is 4. The summed E-state index contributed by atoms with van der Waals surface area (Å²) in [6.07, 6.45) is 8.02. The van der Waals surface area contributed by atoms with Gasteiger partial charge in [-0.1, -0.05) is 0 Å². The Morgan fingerprint density at radius 2 is 2.25 bits per heavy atom. The maximum absolute atomic E-state index is 2.45. The average molecular weight is 281 g/mol. The van der Waals surface area contributed by atoms with Crippen LogP contribution in [0.1, 0.15) is 6.42 Å². The van der Waals surface area contributed by atoms with Gasteiger partial charge in [0.25, 0.3) is 0 Å². The Morgan fingerprint density at radius 1 is 1.50 bits per heavy atom. The predicted octanol–water partition coefficient (Wildman–Crippen LogP) is 2.01. The third-order valence-electron chi connectivity index (χ3n) is 1.41. The summed E-state index contributed by atoms with van der Waals surface area (Å²) in [5.74, 6) is 0. The van der Waals surface area contributed by atoms with Crippen LogP contribution in [0.15, 0.2) is 22.2 Å². The molecule has 0 aromatic heterocycles. The zero-order chi connectivity index (χ0) is 5.98. The molecular formula is C7H13W. The van der Waals surface area contributed by atoms with Gasteiger partial charge in [-0.15, -0.1) is 0 Å². The van der Waals surface area contributed by atoms with Gasteiger partial charge in [0.05, 0.1) is 0 Å². The second-order valence-corrected chi connectivity index (χ2v) is 11.8. The van der Waals surface area contributed by atoms with E-state index in [9.17, 15) is 0 Å². The minimum absolute atomic E-state index is 1.05. The Labute approximate surface area is 56.8 Å². The zero-order valence-electron chi connectivity index (χ0n) is 5.44. The third-order valence-corrected chi connectivity index (χ3v) is 7.36. The molecule has 0 heterocycles. The van der Waals surface area contributed by atoms with E-state index in [1.54, 1.807) is 3.96 Å². The predicted molar refractivity (Wildman–Crippen MR) is 36.4 cm³/mol. The Bertz CT molecular complexity index is 131. The van der Waals surface area contributed by atoms with Crippen molar-refractivity contribution in [2.45, 2.75) is 17.0 Å². The molecule has 0 aromatic rings. The van der Waals surface area contributed by atoms with Crippen LogP contribution in [-0.4, -0.2) is 0 Å². The van der Waals surface area contributed by atoms with Crippen molar-refractivity contribution in [1.29, 1.82) is 0 Å². The van der Waals surface area contributed by atoms with Gasteiger partial charge in [-0.05, 0) is 0 Å². The van der Waals surface area contributed by atoms with Crippen molar-refractivity contribution in [1.82, 2.24) is 0 Å². The van der Waals surface area contributed by atoms with E-state index in [1.807, 2.05) is 0 Å². The Hall–Kier alpha value is 0.168. The van der Waals surface area contributed by atoms with Crippen LogP contribution in [0.25, 0.3) is 0 Å². The van der Waals surface area contributed by atoms with Crippen LogP contribution in [0.5, 0.6) is 0 Å². The normalized spacial score (nSPS) is 18.8. The van der Waals surface area contributed by atoms with E-state index in [-0.39, 0.29) is 0 Å². The molecule has 0 amide bonds. The minimum atomic E-state index is -1.05. The fourth-order valence-electron chi connectivity index (χ4n) is 0.818. The molecule has 1 rings (SSSR count). The van der Waals surface area contributed by atoms with Gasteiger partial charge in [0, 0.05) is 0 Å². The van der Waals surface area contributed by atoms with Crippen molar-refractivity contribution in [3.05, 3.63) is 22.2 Å². The summed E-state index contributed by atoms with van der Waals surface area (Å²) >= 11 is -1.05. The topological polar surface area (TPSA) is 0 Å². The van der Waals surface area contributed by atoms with E-state index >= 15 is 0 Å². The third kappa shape index (κ3) is 1.32. The molecule has 0 spiro atoms. The molecule has 0 fully saturated rings. The number of hydrogen-bond donors (Lipinski definition) is 0. The van der Waals surface area contributed by atoms with Crippen molar-refractivity contribution >= 4 is 0 Å². The molecule has 0 radical (unpaired) electrons. The fraction of sp³-hybridized carbons (Fsp3) is 0.429. The van der Waals surface area contributed by atoms with E-state index in [1.165, 1.54) is 6.42 Å². The van der Waals surface area contributed by atoms with Crippen LogP contribution >= 0.6 is 0 Å². The number of rotatable bonds is 1. The molecule has 0 atom stereocenters. The van der Waals surface area contributed by atoms with Crippen LogP contribution in [0.3, 0.4) is 0 Å². The zero-order valence-corrected chi connectivity index (χ0v) is 9.03. The molecule has 1 aliphatic carbocycles. The van der Waals surface area contributed by atoms with Crippen LogP contribution in [0, 0.1) is 0 Å². The van der Waals surface area contributed by atoms with Crippen molar-refractivity contribution in [2.75, 3.05) is 0 Å². The van der Waals surface area contributed by atoms with Gasteiger partial charge in [0.1, 0.15) is 0 Å². The molecule has 0 saturated carbocycles. The molecule has 0 bridgehead atoms. The van der Waals surface area contributed by atoms with Crippen molar-refractivity contribution in [3.63, 3.8) is 0 Å². The molecule has 8 heavy (non-hydrogen) atoms. The van der Waals surface area contributed by atoms with Crippen LogP contribution in [0.4, 0.5) is 0 Å². The summed E-state index contributed by atoms with van der Waals surface area (Å²) in [6, 6.07) is 0. The molecule has 47 valence electrons. The van der Waals surface area contributed by atoms with Gasteiger partial charge in [-0.2, -0.15) is 0 Å². The van der Waals surface area contributed by atoms with E-state index in [0.29, 0.717) is 0 Å². The molecule has 0 saturated heterocycles. The Morgan fingerprint density at radius 3 is 2.50 bits per heavy atom. The van der Waals surface area contributed by atoms with Gasteiger partial charge in [0.2, 0.25) is 0 Å². The molecule has 0 nitrogen and oxygen atoms in total. The van der Waals surface area contributed by atoms with Crippen LogP contribution in [-0.2, 0) is 17.3 Å². The molecule has 1 aliphatic rings. The Kier molecular flexibility index (Phi) is 2.07. The van der Waals surface area contributed by atoms with Crippen LogP contribution < -0.4 is 0 Å². The van der Waals surface area contributed by atoms with E-state index in [0.717, 1.165) is 0 Å². The Balaban J connectivity index is 2.51. The molecule has 1 heteroatoms. The maximum atomic E-state index is 2.45. The summed E-state index contributed by atoms with van der Waals surface area (Å²) in [5.41, 5.74) is 0. The van der Waals surface area contributed by atoms with Gasteiger partial charge < -0.3 is 0 Å². The van der Waals surface area contributed by atoms with Crippen molar-refractivity contribution in [2.24, 2.45) is 0 Å². The van der Waals surface area contributed by atoms with E-state index in [4.69, 9.17) is 0 Å². The first-order valence-corrected chi connectivity index (χ1v) is 11.9. The first kappa shape index (κ1) is 6.29. The van der Waals surface area contributed by atoms with Crippen LogP contribution in [0.2, 0.25) is 10.6 Å². The van der Waals surface area contributed by atoms with Gasteiger partial charge in [-0.25, -0.2) is 0 Å². The second-order valence-electron chi connectivity index (χ2n) is 2.32. The first-order valence-electron chi connectivity index (χ1n) is 2.97. The van der Waals surface area contributed by atoms with E-state index in [2.05, 4.69) is 28.9 Å². The molecule has 0 aromatic carbocycles. The molecule has 0 N–H and O–H groups in total. The summed E-state index contributed by atoms with van der Waals surface area (Å²) in [7, 11) is 0. The summed E-state index contributed by atoms with van der Waals surface area (Å²) in [5, 5.41) is 4.90. The standard InChI is InChI=1S/C5H5.2CH3.W.2H/c1-2-4-5-3-1;;;;;/h1-3H,4H2;2*1H3;;;. The quantitative estimate of drug-likeness (QED) is 0.689. The summed E-state index contributed by atoms with van der Waals surface area (Å²) in [6.45, 7) is 0.